The van der Waals surface area contributed by atoms with Crippen LogP contribution in [0.1, 0.15) is 44.4 Å². The summed E-state index contributed by atoms with van der Waals surface area (Å²) >= 11 is 0. The molecule has 1 aliphatic rings. The molecule has 1 aromatic carbocycles. The van der Waals surface area contributed by atoms with Gasteiger partial charge in [0.15, 0.2) is 0 Å². The van der Waals surface area contributed by atoms with Crippen molar-refractivity contribution in [2.24, 2.45) is 5.92 Å². The number of aromatic nitrogens is 1. The van der Waals surface area contributed by atoms with Crippen molar-refractivity contribution >= 4 is 16.8 Å². The van der Waals surface area contributed by atoms with Gasteiger partial charge in [-0.15, -0.1) is 0 Å². The third-order valence-corrected chi connectivity index (χ3v) is 5.10. The molecule has 1 unspecified atom stereocenters. The van der Waals surface area contributed by atoms with Crippen LogP contribution in [0, 0.1) is 5.92 Å². The number of fused-ring (bicyclic) bond motifs is 3. The minimum atomic E-state index is 0.138. The van der Waals surface area contributed by atoms with Gasteiger partial charge in [-0.3, -0.25) is 4.79 Å². The highest BCUT2D eigenvalue weighted by Crippen LogP contribution is 2.31. The number of methoxy groups -OCH3 is 1. The molecule has 0 fully saturated rings. The van der Waals surface area contributed by atoms with Crippen molar-refractivity contribution in [3.05, 3.63) is 29.5 Å². The topological polar surface area (TPSA) is 54.1 Å². The lowest BCUT2D eigenvalue weighted by Gasteiger charge is -2.25. The molecule has 124 valence electrons. The van der Waals surface area contributed by atoms with E-state index in [0.717, 1.165) is 43.4 Å². The van der Waals surface area contributed by atoms with Gasteiger partial charge in [0.1, 0.15) is 5.75 Å². The smallest absolute Gasteiger partial charge is 0.223 e. The quantitative estimate of drug-likeness (QED) is 0.886. The van der Waals surface area contributed by atoms with Gasteiger partial charge in [0, 0.05) is 28.6 Å². The van der Waals surface area contributed by atoms with Crippen LogP contribution in [0.4, 0.5) is 0 Å². The monoisotopic (exact) mass is 314 g/mol. The zero-order valence-electron chi connectivity index (χ0n) is 14.2. The number of benzene rings is 1. The lowest BCUT2D eigenvalue weighted by molar-refractivity contribution is -0.126. The van der Waals surface area contributed by atoms with E-state index in [9.17, 15) is 4.79 Å². The maximum Gasteiger partial charge on any atom is 0.223 e. The highest BCUT2D eigenvalue weighted by molar-refractivity contribution is 5.86. The number of ether oxygens (including phenoxy) is 1. The minimum Gasteiger partial charge on any atom is -0.497 e. The van der Waals surface area contributed by atoms with Crippen LogP contribution in [0.3, 0.4) is 0 Å². The van der Waals surface area contributed by atoms with Crippen LogP contribution in [-0.2, 0) is 17.6 Å². The second-order valence-corrected chi connectivity index (χ2v) is 6.46. The zero-order chi connectivity index (χ0) is 16.4. The summed E-state index contributed by atoms with van der Waals surface area (Å²) in [5.41, 5.74) is 3.80. The molecule has 1 amide bonds. The summed E-state index contributed by atoms with van der Waals surface area (Å²) in [7, 11) is 1.69. The molecule has 0 saturated carbocycles. The Morgan fingerprint density at radius 2 is 2.17 bits per heavy atom. The largest absolute Gasteiger partial charge is 0.497 e. The van der Waals surface area contributed by atoms with E-state index in [-0.39, 0.29) is 17.9 Å². The van der Waals surface area contributed by atoms with Crippen molar-refractivity contribution in [2.45, 2.75) is 52.0 Å². The average molecular weight is 314 g/mol. The predicted octanol–water partition coefficient (Wildman–Crippen LogP) is 3.59. The molecule has 1 aliphatic carbocycles. The molecule has 2 N–H and O–H groups in total. The van der Waals surface area contributed by atoms with E-state index in [1.165, 1.54) is 16.6 Å². The first-order valence-corrected chi connectivity index (χ1v) is 8.64. The number of nitrogens with one attached hydrogen (secondary N) is 2. The van der Waals surface area contributed by atoms with Crippen molar-refractivity contribution < 1.29 is 9.53 Å². The first kappa shape index (κ1) is 15.9. The number of hydrogen-bond acceptors (Lipinski definition) is 2. The molecule has 3 rings (SSSR count). The lowest BCUT2D eigenvalue weighted by Crippen LogP contribution is -2.41. The molecule has 4 nitrogen and oxygen atoms in total. The number of aryl methyl sites for hydroxylation is 1. The van der Waals surface area contributed by atoms with Gasteiger partial charge in [0.25, 0.3) is 0 Å². The van der Waals surface area contributed by atoms with E-state index < -0.39 is 0 Å². The third kappa shape index (κ3) is 3.07. The van der Waals surface area contributed by atoms with Crippen molar-refractivity contribution in [3.63, 3.8) is 0 Å². The normalized spacial score (nSPS) is 17.3. The van der Waals surface area contributed by atoms with Gasteiger partial charge in [-0.05, 0) is 55.9 Å². The van der Waals surface area contributed by atoms with Gasteiger partial charge in [0.2, 0.25) is 5.91 Å². The zero-order valence-corrected chi connectivity index (χ0v) is 14.2. The van der Waals surface area contributed by atoms with Crippen LogP contribution >= 0.6 is 0 Å². The Kier molecular flexibility index (Phi) is 4.60. The molecule has 0 radical (unpaired) electrons. The highest BCUT2D eigenvalue weighted by atomic mass is 16.5. The van der Waals surface area contributed by atoms with Gasteiger partial charge < -0.3 is 15.0 Å². The van der Waals surface area contributed by atoms with E-state index in [2.05, 4.69) is 36.3 Å². The van der Waals surface area contributed by atoms with Crippen molar-refractivity contribution in [3.8, 4) is 5.75 Å². The number of aromatic amines is 1. The number of H-pyrrole nitrogens is 1. The van der Waals surface area contributed by atoms with E-state index >= 15 is 0 Å². The molecule has 1 heterocycles. The number of carbonyl (C=O) groups is 1. The number of rotatable bonds is 5. The summed E-state index contributed by atoms with van der Waals surface area (Å²) < 4.78 is 5.35. The van der Waals surface area contributed by atoms with Crippen LogP contribution in [0.25, 0.3) is 10.9 Å². The number of hydrogen-bond donors (Lipinski definition) is 2. The standard InChI is InChI=1S/C19H26N2O2/c1-4-12(5-2)19(22)20-13-6-8-17-15(10-13)16-11-14(23-3)7-9-18(16)21-17/h7,9,11-13,21H,4-6,8,10H2,1-3H3,(H,20,22). The minimum absolute atomic E-state index is 0.138. The molecule has 1 aromatic heterocycles. The van der Waals surface area contributed by atoms with Crippen LogP contribution in [0.2, 0.25) is 0 Å². The van der Waals surface area contributed by atoms with E-state index in [1.54, 1.807) is 7.11 Å². The molecule has 1 atom stereocenters. The van der Waals surface area contributed by atoms with Crippen molar-refractivity contribution in [1.29, 1.82) is 0 Å². The van der Waals surface area contributed by atoms with Gasteiger partial charge >= 0.3 is 0 Å². The Labute approximate surface area is 137 Å². The fourth-order valence-corrected chi connectivity index (χ4v) is 3.62. The van der Waals surface area contributed by atoms with Gasteiger partial charge in [-0.2, -0.15) is 0 Å². The molecule has 0 saturated heterocycles. The Morgan fingerprint density at radius 3 is 2.87 bits per heavy atom. The maximum atomic E-state index is 12.3. The Hall–Kier alpha value is -1.97. The van der Waals surface area contributed by atoms with Crippen LogP contribution in [0.5, 0.6) is 5.75 Å². The van der Waals surface area contributed by atoms with Crippen molar-refractivity contribution in [1.82, 2.24) is 10.3 Å². The Bertz CT molecular complexity index is 701. The molecular formula is C19H26N2O2. The third-order valence-electron chi connectivity index (χ3n) is 5.10. The van der Waals surface area contributed by atoms with E-state index in [4.69, 9.17) is 4.74 Å². The molecule has 0 aliphatic heterocycles. The molecule has 0 spiro atoms. The Morgan fingerprint density at radius 1 is 1.39 bits per heavy atom. The summed E-state index contributed by atoms with van der Waals surface area (Å²) in [5.74, 6) is 1.22. The first-order valence-electron chi connectivity index (χ1n) is 8.64. The predicted molar refractivity (Wildman–Crippen MR) is 92.9 cm³/mol. The highest BCUT2D eigenvalue weighted by Gasteiger charge is 2.25. The SMILES string of the molecule is CCC(CC)C(=O)NC1CCc2[nH]c3ccc(OC)cc3c2C1. The van der Waals surface area contributed by atoms with Crippen LogP contribution in [-0.4, -0.2) is 24.0 Å². The molecule has 4 heteroatoms. The summed E-state index contributed by atoms with van der Waals surface area (Å²) in [6.45, 7) is 4.16. The molecular weight excluding hydrogens is 288 g/mol. The lowest BCUT2D eigenvalue weighted by atomic mass is 9.90. The summed E-state index contributed by atoms with van der Waals surface area (Å²) in [4.78, 5) is 15.9. The van der Waals surface area contributed by atoms with Crippen LogP contribution < -0.4 is 10.1 Å². The first-order chi connectivity index (χ1) is 11.2. The second kappa shape index (κ2) is 6.65. The summed E-state index contributed by atoms with van der Waals surface area (Å²) in [5, 5.41) is 4.48. The van der Waals surface area contributed by atoms with E-state index in [0.29, 0.717) is 0 Å². The van der Waals surface area contributed by atoms with Crippen LogP contribution in [0.15, 0.2) is 18.2 Å². The number of carbonyl (C=O) groups excluding carboxylic acids is 1. The fraction of sp³-hybridized carbons (Fsp3) is 0.526. The van der Waals surface area contributed by atoms with Gasteiger partial charge in [-0.25, -0.2) is 0 Å². The van der Waals surface area contributed by atoms with E-state index in [1.807, 2.05) is 6.07 Å². The van der Waals surface area contributed by atoms with Gasteiger partial charge in [-0.1, -0.05) is 13.8 Å². The Balaban J connectivity index is 1.81. The number of amides is 1. The fourth-order valence-electron chi connectivity index (χ4n) is 3.62. The molecule has 2 aromatic rings. The van der Waals surface area contributed by atoms with Gasteiger partial charge in [0.05, 0.1) is 7.11 Å². The maximum absolute atomic E-state index is 12.3. The summed E-state index contributed by atoms with van der Waals surface area (Å²) in [6, 6.07) is 6.39. The average Bonchev–Trinajstić information content (AvgIpc) is 2.93. The second-order valence-electron chi connectivity index (χ2n) is 6.46. The summed E-state index contributed by atoms with van der Waals surface area (Å²) in [6.07, 6.45) is 4.70. The molecule has 0 bridgehead atoms. The van der Waals surface area contributed by atoms with Crippen molar-refractivity contribution in [2.75, 3.05) is 7.11 Å². The molecule has 23 heavy (non-hydrogen) atoms.